The molecule has 0 radical (unpaired) electrons. The monoisotopic (exact) mass is 212 g/mol. The molecule has 0 aliphatic rings. The minimum absolute atomic E-state index is 0.00528. The van der Waals surface area contributed by atoms with Crippen LogP contribution < -0.4 is 0 Å². The lowest BCUT2D eigenvalue weighted by Crippen LogP contribution is -1.95. The molecule has 0 saturated heterocycles. The second kappa shape index (κ2) is 5.58. The zero-order valence-corrected chi connectivity index (χ0v) is 9.32. The molecule has 0 fully saturated rings. The minimum Gasteiger partial charge on any atom is -0.491 e. The highest BCUT2D eigenvalue weighted by Gasteiger charge is 2.09. The van der Waals surface area contributed by atoms with Crippen LogP contribution >= 0.6 is 0 Å². The lowest BCUT2D eigenvalue weighted by molar-refractivity contribution is 0.297. The van der Waals surface area contributed by atoms with E-state index in [4.69, 9.17) is 15.3 Å². The number of nitriles is 2. The number of hydrogen-bond acceptors (Lipinski definition) is 3. The van der Waals surface area contributed by atoms with Gasteiger partial charge in [-0.05, 0) is 13.8 Å². The van der Waals surface area contributed by atoms with Crippen LogP contribution in [0, 0.1) is 29.6 Å². The van der Waals surface area contributed by atoms with E-state index in [1.165, 1.54) is 0 Å². The molecule has 0 bridgehead atoms. The van der Waals surface area contributed by atoms with Crippen molar-refractivity contribution in [3.05, 3.63) is 41.0 Å². The van der Waals surface area contributed by atoms with Crippen molar-refractivity contribution in [3.63, 3.8) is 0 Å². The van der Waals surface area contributed by atoms with Crippen molar-refractivity contribution < 1.29 is 4.74 Å². The van der Waals surface area contributed by atoms with E-state index in [1.807, 2.05) is 50.3 Å². The van der Waals surface area contributed by atoms with Gasteiger partial charge in [-0.15, -0.1) is 0 Å². The first-order valence-electron chi connectivity index (χ1n) is 4.97. The van der Waals surface area contributed by atoms with E-state index in [-0.39, 0.29) is 5.57 Å². The molecule has 16 heavy (non-hydrogen) atoms. The maximum Gasteiger partial charge on any atom is 0.172 e. The van der Waals surface area contributed by atoms with Gasteiger partial charge < -0.3 is 4.74 Å². The van der Waals surface area contributed by atoms with E-state index in [0.717, 1.165) is 11.1 Å². The van der Waals surface area contributed by atoms with E-state index >= 15 is 0 Å². The summed E-state index contributed by atoms with van der Waals surface area (Å²) in [6.07, 6.45) is 0. The number of benzene rings is 1. The Hall–Kier alpha value is -2.26. The van der Waals surface area contributed by atoms with Gasteiger partial charge in [-0.2, -0.15) is 10.5 Å². The number of nitrogens with zero attached hydrogens (tertiary/aromatic N) is 2. The number of aryl methyl sites for hydroxylation is 1. The minimum atomic E-state index is 0.00528. The standard InChI is InChI=1S/C13H12N2O/c1-3-16-13(12(8-14)9-15)11-6-4-10(2)5-7-11/h4-7H,3H2,1-2H3. The third-order valence-electron chi connectivity index (χ3n) is 2.05. The van der Waals surface area contributed by atoms with E-state index < -0.39 is 0 Å². The van der Waals surface area contributed by atoms with Gasteiger partial charge in [0.15, 0.2) is 11.3 Å². The highest BCUT2D eigenvalue weighted by molar-refractivity contribution is 5.70. The van der Waals surface area contributed by atoms with Crippen molar-refractivity contribution >= 4 is 5.76 Å². The smallest absolute Gasteiger partial charge is 0.172 e. The van der Waals surface area contributed by atoms with Crippen LogP contribution in [-0.4, -0.2) is 6.61 Å². The Labute approximate surface area is 95.2 Å². The summed E-state index contributed by atoms with van der Waals surface area (Å²) in [6, 6.07) is 11.2. The molecular weight excluding hydrogens is 200 g/mol. The summed E-state index contributed by atoms with van der Waals surface area (Å²) in [5.41, 5.74) is 1.88. The Kier molecular flexibility index (Phi) is 4.12. The summed E-state index contributed by atoms with van der Waals surface area (Å²) in [7, 11) is 0. The fourth-order valence-electron chi connectivity index (χ4n) is 1.28. The van der Waals surface area contributed by atoms with E-state index in [1.54, 1.807) is 0 Å². The van der Waals surface area contributed by atoms with Gasteiger partial charge in [-0.1, -0.05) is 29.8 Å². The average Bonchev–Trinajstić information content (AvgIpc) is 2.31. The lowest BCUT2D eigenvalue weighted by Gasteiger charge is -2.08. The number of allylic oxidation sites excluding steroid dienone is 1. The first-order chi connectivity index (χ1) is 7.72. The van der Waals surface area contributed by atoms with Gasteiger partial charge >= 0.3 is 0 Å². The van der Waals surface area contributed by atoms with Crippen LogP contribution in [-0.2, 0) is 4.74 Å². The molecule has 0 N–H and O–H groups in total. The van der Waals surface area contributed by atoms with Crippen molar-refractivity contribution in [2.24, 2.45) is 0 Å². The second-order valence-electron chi connectivity index (χ2n) is 3.23. The van der Waals surface area contributed by atoms with Crippen molar-refractivity contribution in [1.82, 2.24) is 0 Å². The Morgan fingerprint density at radius 1 is 1.19 bits per heavy atom. The molecule has 0 amide bonds. The molecule has 0 aromatic heterocycles. The molecule has 1 rings (SSSR count). The maximum atomic E-state index is 8.83. The number of ether oxygens (including phenoxy) is 1. The molecule has 3 heteroatoms. The predicted molar refractivity (Wildman–Crippen MR) is 61.0 cm³/mol. The highest BCUT2D eigenvalue weighted by Crippen LogP contribution is 2.20. The first-order valence-corrected chi connectivity index (χ1v) is 4.97. The topological polar surface area (TPSA) is 56.8 Å². The molecule has 80 valence electrons. The Morgan fingerprint density at radius 3 is 2.19 bits per heavy atom. The van der Waals surface area contributed by atoms with Gasteiger partial charge in [0.05, 0.1) is 6.61 Å². The SMILES string of the molecule is CCOC(=C(C#N)C#N)c1ccc(C)cc1. The quantitative estimate of drug-likeness (QED) is 0.571. The summed E-state index contributed by atoms with van der Waals surface area (Å²) in [4.78, 5) is 0. The van der Waals surface area contributed by atoms with Crippen molar-refractivity contribution in [1.29, 1.82) is 10.5 Å². The van der Waals surface area contributed by atoms with Gasteiger partial charge in [0.25, 0.3) is 0 Å². The van der Waals surface area contributed by atoms with Gasteiger partial charge in [0, 0.05) is 5.56 Å². The summed E-state index contributed by atoms with van der Waals surface area (Å²) in [5, 5.41) is 17.7. The molecule has 0 aliphatic carbocycles. The molecule has 1 aromatic carbocycles. The normalized spacial score (nSPS) is 8.75. The first kappa shape index (κ1) is 11.8. The van der Waals surface area contributed by atoms with Gasteiger partial charge in [0.1, 0.15) is 12.1 Å². The fourth-order valence-corrected chi connectivity index (χ4v) is 1.28. The fraction of sp³-hybridized carbons (Fsp3) is 0.231. The predicted octanol–water partition coefficient (Wildman–Crippen LogP) is 2.79. The molecule has 0 aliphatic heterocycles. The van der Waals surface area contributed by atoms with Crippen LogP contribution in [0.4, 0.5) is 0 Å². The van der Waals surface area contributed by atoms with Crippen LogP contribution in [0.2, 0.25) is 0 Å². The molecule has 0 heterocycles. The van der Waals surface area contributed by atoms with Crippen LogP contribution in [0.25, 0.3) is 5.76 Å². The Balaban J connectivity index is 3.24. The van der Waals surface area contributed by atoms with Crippen molar-refractivity contribution in [3.8, 4) is 12.1 Å². The molecule has 0 unspecified atom stereocenters. The third-order valence-corrected chi connectivity index (χ3v) is 2.05. The maximum absolute atomic E-state index is 8.83. The lowest BCUT2D eigenvalue weighted by atomic mass is 10.1. The summed E-state index contributed by atoms with van der Waals surface area (Å²) in [5.74, 6) is 0.354. The number of rotatable bonds is 3. The van der Waals surface area contributed by atoms with E-state index in [0.29, 0.717) is 12.4 Å². The largest absolute Gasteiger partial charge is 0.491 e. The van der Waals surface area contributed by atoms with E-state index in [2.05, 4.69) is 0 Å². The Bertz CT molecular complexity index is 456. The third kappa shape index (κ3) is 2.62. The summed E-state index contributed by atoms with van der Waals surface area (Å²) >= 11 is 0. The van der Waals surface area contributed by atoms with Crippen molar-refractivity contribution in [2.45, 2.75) is 13.8 Å². The summed E-state index contributed by atoms with van der Waals surface area (Å²) < 4.78 is 5.35. The van der Waals surface area contributed by atoms with Gasteiger partial charge in [-0.25, -0.2) is 0 Å². The molecule has 1 aromatic rings. The van der Waals surface area contributed by atoms with Crippen LogP contribution in [0.3, 0.4) is 0 Å². The average molecular weight is 212 g/mol. The molecular formula is C13H12N2O. The Morgan fingerprint density at radius 2 is 1.75 bits per heavy atom. The molecule has 3 nitrogen and oxygen atoms in total. The molecule has 0 saturated carbocycles. The second-order valence-corrected chi connectivity index (χ2v) is 3.23. The van der Waals surface area contributed by atoms with E-state index in [9.17, 15) is 0 Å². The number of hydrogen-bond donors (Lipinski definition) is 0. The van der Waals surface area contributed by atoms with Crippen LogP contribution in [0.15, 0.2) is 29.8 Å². The molecule has 0 atom stereocenters. The van der Waals surface area contributed by atoms with Crippen LogP contribution in [0.5, 0.6) is 0 Å². The molecule has 0 spiro atoms. The van der Waals surface area contributed by atoms with Crippen LogP contribution in [0.1, 0.15) is 18.1 Å². The summed E-state index contributed by atoms with van der Waals surface area (Å²) in [6.45, 7) is 4.22. The zero-order chi connectivity index (χ0) is 12.0. The van der Waals surface area contributed by atoms with Crippen molar-refractivity contribution in [2.75, 3.05) is 6.61 Å². The highest BCUT2D eigenvalue weighted by atomic mass is 16.5. The zero-order valence-electron chi connectivity index (χ0n) is 9.32. The van der Waals surface area contributed by atoms with Gasteiger partial charge in [0.2, 0.25) is 0 Å². The van der Waals surface area contributed by atoms with Gasteiger partial charge in [-0.3, -0.25) is 0 Å².